The molecule has 5 rings (SSSR count). The van der Waals surface area contributed by atoms with Crippen LogP contribution in [0.2, 0.25) is 0 Å². The maximum atomic E-state index is 3.70. The number of benzene rings is 1. The average Bonchev–Trinajstić information content (AvgIpc) is 3.05. The van der Waals surface area contributed by atoms with Gasteiger partial charge in [0.1, 0.15) is 0 Å². The first-order chi connectivity index (χ1) is 8.42. The summed E-state index contributed by atoms with van der Waals surface area (Å²) in [6.07, 6.45) is 7.64. The average molecular weight is 221 g/mol. The number of fused-ring (bicyclic) bond motifs is 9. The number of hydrogen-bond acceptors (Lipinski definition) is 0. The van der Waals surface area contributed by atoms with E-state index in [1.807, 2.05) is 0 Å². The number of H-pyrrole nitrogens is 1. The zero-order chi connectivity index (χ0) is 11.0. The number of aromatic amines is 1. The second-order valence-electron chi connectivity index (χ2n) is 5.90. The number of rotatable bonds is 0. The van der Waals surface area contributed by atoms with Gasteiger partial charge in [-0.1, -0.05) is 30.4 Å². The molecule has 1 heteroatoms. The molecule has 1 fully saturated rings. The van der Waals surface area contributed by atoms with Crippen LogP contribution in [-0.2, 0) is 6.42 Å². The molecule has 17 heavy (non-hydrogen) atoms. The molecule has 1 saturated carbocycles. The number of para-hydroxylation sites is 1. The van der Waals surface area contributed by atoms with Crippen molar-refractivity contribution >= 4 is 10.9 Å². The molecule has 0 radical (unpaired) electrons. The van der Waals surface area contributed by atoms with Crippen molar-refractivity contribution in [2.75, 3.05) is 0 Å². The maximum absolute atomic E-state index is 3.70. The molecule has 0 amide bonds. The van der Waals surface area contributed by atoms with Gasteiger partial charge < -0.3 is 4.98 Å². The van der Waals surface area contributed by atoms with Crippen LogP contribution in [0.4, 0.5) is 0 Å². The lowest BCUT2D eigenvalue weighted by Gasteiger charge is -2.20. The first-order valence-electron chi connectivity index (χ1n) is 6.69. The highest BCUT2D eigenvalue weighted by Gasteiger charge is 2.50. The molecule has 0 spiro atoms. The van der Waals surface area contributed by atoms with Crippen LogP contribution in [0.3, 0.4) is 0 Å². The second-order valence-corrected chi connectivity index (χ2v) is 5.90. The quantitative estimate of drug-likeness (QED) is 0.654. The van der Waals surface area contributed by atoms with Crippen LogP contribution in [-0.4, -0.2) is 4.98 Å². The number of allylic oxidation sites excluding steroid dienone is 2. The van der Waals surface area contributed by atoms with Crippen molar-refractivity contribution in [3.63, 3.8) is 0 Å². The van der Waals surface area contributed by atoms with Crippen LogP contribution in [0.15, 0.2) is 36.4 Å². The predicted molar refractivity (Wildman–Crippen MR) is 69.0 cm³/mol. The summed E-state index contributed by atoms with van der Waals surface area (Å²) in [7, 11) is 0. The third-order valence-corrected chi connectivity index (χ3v) is 5.24. The lowest BCUT2D eigenvalue weighted by atomic mass is 9.85. The summed E-state index contributed by atoms with van der Waals surface area (Å²) in [5.74, 6) is 3.38. The van der Waals surface area contributed by atoms with Crippen LogP contribution in [0.1, 0.15) is 23.6 Å². The monoisotopic (exact) mass is 221 g/mol. The zero-order valence-corrected chi connectivity index (χ0v) is 9.69. The molecule has 1 heterocycles. The van der Waals surface area contributed by atoms with E-state index in [9.17, 15) is 0 Å². The lowest BCUT2D eigenvalue weighted by Crippen LogP contribution is -2.13. The van der Waals surface area contributed by atoms with Gasteiger partial charge in [0.15, 0.2) is 0 Å². The lowest BCUT2D eigenvalue weighted by molar-refractivity contribution is 0.422. The van der Waals surface area contributed by atoms with Gasteiger partial charge >= 0.3 is 0 Å². The summed E-state index contributed by atoms with van der Waals surface area (Å²) in [5.41, 5.74) is 4.52. The molecule has 0 saturated heterocycles. The Labute approximate surface area is 101 Å². The van der Waals surface area contributed by atoms with Gasteiger partial charge in [-0.2, -0.15) is 0 Å². The van der Waals surface area contributed by atoms with E-state index < -0.39 is 0 Å². The van der Waals surface area contributed by atoms with Crippen molar-refractivity contribution in [1.29, 1.82) is 0 Å². The fourth-order valence-corrected chi connectivity index (χ4v) is 4.59. The largest absolute Gasteiger partial charge is 0.358 e. The Morgan fingerprint density at radius 1 is 1.06 bits per heavy atom. The number of aromatic nitrogens is 1. The molecule has 1 nitrogen and oxygen atoms in total. The minimum absolute atomic E-state index is 0.799. The van der Waals surface area contributed by atoms with E-state index in [0.717, 1.165) is 23.7 Å². The van der Waals surface area contributed by atoms with Gasteiger partial charge in [-0.15, -0.1) is 0 Å². The van der Waals surface area contributed by atoms with E-state index in [4.69, 9.17) is 0 Å². The van der Waals surface area contributed by atoms with E-state index >= 15 is 0 Å². The third-order valence-electron chi connectivity index (χ3n) is 5.24. The van der Waals surface area contributed by atoms with Gasteiger partial charge in [0.05, 0.1) is 0 Å². The fraction of sp³-hybridized carbons (Fsp3) is 0.375. The SMILES string of the molecule is C1=CC2CC1[C@H]1Cc3c([nH]c4ccccc34)[C@@H]21. The molecule has 2 aromatic rings. The van der Waals surface area contributed by atoms with E-state index in [-0.39, 0.29) is 0 Å². The molecule has 1 N–H and O–H groups in total. The number of hydrogen-bond donors (Lipinski definition) is 1. The third kappa shape index (κ3) is 0.888. The number of nitrogens with one attached hydrogen (secondary N) is 1. The summed E-state index contributed by atoms with van der Waals surface area (Å²) >= 11 is 0. The summed E-state index contributed by atoms with van der Waals surface area (Å²) < 4.78 is 0. The normalized spacial score (nSPS) is 36.7. The van der Waals surface area contributed by atoms with E-state index in [2.05, 4.69) is 41.4 Å². The second kappa shape index (κ2) is 2.66. The molecule has 2 bridgehead atoms. The predicted octanol–water partition coefficient (Wildman–Crippen LogP) is 3.63. The molecule has 0 aliphatic heterocycles. The Balaban J connectivity index is 1.78. The maximum Gasteiger partial charge on any atom is 0.0459 e. The van der Waals surface area contributed by atoms with Gasteiger partial charge in [-0.05, 0) is 42.2 Å². The van der Waals surface area contributed by atoms with Gasteiger partial charge in [0, 0.05) is 22.5 Å². The molecular formula is C16H15N. The van der Waals surface area contributed by atoms with Gasteiger partial charge in [0.25, 0.3) is 0 Å². The first-order valence-corrected chi connectivity index (χ1v) is 6.69. The van der Waals surface area contributed by atoms with Gasteiger partial charge in [0.2, 0.25) is 0 Å². The first kappa shape index (κ1) is 8.57. The fourth-order valence-electron chi connectivity index (χ4n) is 4.59. The highest BCUT2D eigenvalue weighted by atomic mass is 14.8. The molecule has 4 atom stereocenters. The van der Waals surface area contributed by atoms with E-state index in [1.165, 1.54) is 23.7 Å². The van der Waals surface area contributed by atoms with Gasteiger partial charge in [-0.3, -0.25) is 0 Å². The molecule has 1 aromatic heterocycles. The summed E-state index contributed by atoms with van der Waals surface area (Å²) in [6.45, 7) is 0. The highest BCUT2D eigenvalue weighted by molar-refractivity contribution is 5.85. The minimum Gasteiger partial charge on any atom is -0.358 e. The summed E-state index contributed by atoms with van der Waals surface area (Å²) in [5, 5.41) is 1.47. The standard InChI is InChI=1S/C16H15N/c1-2-4-14-11(3-1)13-8-12-9-5-6-10(7-9)15(12)16(13)17-14/h1-6,9-10,12,15,17H,7-8H2/t9?,10?,12-,15+/m1/s1. The molecule has 2 unspecified atom stereocenters. The minimum atomic E-state index is 0.799. The molecule has 3 aliphatic carbocycles. The topological polar surface area (TPSA) is 15.8 Å². The van der Waals surface area contributed by atoms with Crippen molar-refractivity contribution in [3.05, 3.63) is 47.7 Å². The molecule has 1 aromatic carbocycles. The van der Waals surface area contributed by atoms with Crippen molar-refractivity contribution in [3.8, 4) is 0 Å². The Morgan fingerprint density at radius 3 is 2.94 bits per heavy atom. The molecule has 84 valence electrons. The Kier molecular flexibility index (Phi) is 1.34. The van der Waals surface area contributed by atoms with Gasteiger partial charge in [-0.25, -0.2) is 0 Å². The van der Waals surface area contributed by atoms with Crippen molar-refractivity contribution in [1.82, 2.24) is 4.98 Å². The van der Waals surface area contributed by atoms with Crippen molar-refractivity contribution in [2.45, 2.75) is 18.8 Å². The smallest absolute Gasteiger partial charge is 0.0459 e. The summed E-state index contributed by atoms with van der Waals surface area (Å²) in [4.78, 5) is 3.70. The zero-order valence-electron chi connectivity index (χ0n) is 9.69. The van der Waals surface area contributed by atoms with Crippen LogP contribution in [0, 0.1) is 17.8 Å². The highest BCUT2D eigenvalue weighted by Crippen LogP contribution is 2.59. The Morgan fingerprint density at radius 2 is 1.94 bits per heavy atom. The molecule has 3 aliphatic rings. The summed E-state index contributed by atoms with van der Waals surface area (Å²) in [6, 6.07) is 8.79. The van der Waals surface area contributed by atoms with Crippen molar-refractivity contribution < 1.29 is 0 Å². The van der Waals surface area contributed by atoms with Crippen LogP contribution in [0.5, 0.6) is 0 Å². The van der Waals surface area contributed by atoms with Crippen molar-refractivity contribution in [2.24, 2.45) is 17.8 Å². The van der Waals surface area contributed by atoms with Crippen LogP contribution < -0.4 is 0 Å². The van der Waals surface area contributed by atoms with E-state index in [1.54, 1.807) is 11.3 Å². The molecular weight excluding hydrogens is 206 g/mol. The van der Waals surface area contributed by atoms with Crippen LogP contribution >= 0.6 is 0 Å². The van der Waals surface area contributed by atoms with E-state index in [0.29, 0.717) is 0 Å². The Bertz CT molecular complexity index is 649. The Hall–Kier alpha value is -1.50. The van der Waals surface area contributed by atoms with Crippen LogP contribution in [0.25, 0.3) is 10.9 Å².